The normalized spacial score (nSPS) is 14.7. The summed E-state index contributed by atoms with van der Waals surface area (Å²) in [5.74, 6) is 0.666. The number of nitrogens with zero attached hydrogens (tertiary/aromatic N) is 1. The van der Waals surface area contributed by atoms with Crippen LogP contribution in [-0.2, 0) is 11.2 Å². The van der Waals surface area contributed by atoms with Gasteiger partial charge in [-0.25, -0.2) is 4.79 Å². The molecular formula is C21H24N2O3. The highest BCUT2D eigenvalue weighted by molar-refractivity contribution is 5.89. The summed E-state index contributed by atoms with van der Waals surface area (Å²) in [6.45, 7) is 2.87. The number of benzene rings is 2. The Hall–Kier alpha value is -2.82. The number of hydrogen-bond acceptors (Lipinski definition) is 3. The summed E-state index contributed by atoms with van der Waals surface area (Å²) in [6.07, 6.45) is 3.09. The summed E-state index contributed by atoms with van der Waals surface area (Å²) >= 11 is 0. The van der Waals surface area contributed by atoms with E-state index in [9.17, 15) is 9.59 Å². The first-order chi connectivity index (χ1) is 12.6. The smallest absolute Gasteiger partial charge is 0.321 e. The zero-order chi connectivity index (χ0) is 18.4. The molecule has 0 bridgehead atoms. The summed E-state index contributed by atoms with van der Waals surface area (Å²) in [7, 11) is 0. The lowest BCUT2D eigenvalue weighted by molar-refractivity contribution is -0.131. The fourth-order valence-electron chi connectivity index (χ4n) is 3.29. The summed E-state index contributed by atoms with van der Waals surface area (Å²) in [6, 6.07) is 17.3. The van der Waals surface area contributed by atoms with Gasteiger partial charge in [0.05, 0.1) is 0 Å². The number of anilines is 1. The highest BCUT2D eigenvalue weighted by Crippen LogP contribution is 2.23. The van der Waals surface area contributed by atoms with Crippen LogP contribution in [0.1, 0.15) is 25.3 Å². The first-order valence-corrected chi connectivity index (χ1v) is 8.98. The lowest BCUT2D eigenvalue weighted by Crippen LogP contribution is -2.41. The van der Waals surface area contributed by atoms with Gasteiger partial charge in [0.1, 0.15) is 5.75 Å². The van der Waals surface area contributed by atoms with Crippen molar-refractivity contribution in [2.24, 2.45) is 5.92 Å². The second kappa shape index (κ2) is 8.52. The van der Waals surface area contributed by atoms with Gasteiger partial charge in [-0.2, -0.15) is 0 Å². The van der Waals surface area contributed by atoms with Crippen molar-refractivity contribution in [3.8, 4) is 5.75 Å². The fourth-order valence-corrected chi connectivity index (χ4v) is 3.29. The standard InChI is InChI=1S/C21H24N2O3/c1-16(24)26-20-9-5-8-19(15-20)22-21(25)23-12-10-18(11-13-23)14-17-6-3-2-4-7-17/h2-9,15,18H,10-14H2,1H3,(H,22,25). The molecule has 1 heterocycles. The number of likely N-dealkylation sites (tertiary alicyclic amines) is 1. The molecule has 2 amide bonds. The Morgan fingerprint density at radius 2 is 1.81 bits per heavy atom. The molecule has 0 aromatic heterocycles. The Labute approximate surface area is 154 Å². The lowest BCUT2D eigenvalue weighted by Gasteiger charge is -2.32. The Bertz CT molecular complexity index is 753. The molecule has 1 N–H and O–H groups in total. The first-order valence-electron chi connectivity index (χ1n) is 8.98. The van der Waals surface area contributed by atoms with Crippen LogP contribution in [-0.4, -0.2) is 30.0 Å². The number of piperidine rings is 1. The second-order valence-electron chi connectivity index (χ2n) is 6.67. The van der Waals surface area contributed by atoms with E-state index in [1.54, 1.807) is 24.3 Å². The van der Waals surface area contributed by atoms with Crippen LogP contribution in [0.5, 0.6) is 5.75 Å². The predicted molar refractivity (Wildman–Crippen MR) is 101 cm³/mol. The molecule has 1 fully saturated rings. The van der Waals surface area contributed by atoms with Gasteiger partial charge < -0.3 is 15.0 Å². The number of esters is 1. The SMILES string of the molecule is CC(=O)Oc1cccc(NC(=O)N2CCC(Cc3ccccc3)CC2)c1. The molecule has 26 heavy (non-hydrogen) atoms. The second-order valence-corrected chi connectivity index (χ2v) is 6.67. The van der Waals surface area contributed by atoms with Gasteiger partial charge in [0.15, 0.2) is 0 Å². The van der Waals surface area contributed by atoms with Crippen LogP contribution in [0.2, 0.25) is 0 Å². The van der Waals surface area contributed by atoms with Crippen molar-refractivity contribution in [3.05, 3.63) is 60.2 Å². The van der Waals surface area contributed by atoms with Crippen LogP contribution in [0.4, 0.5) is 10.5 Å². The van der Waals surface area contributed by atoms with E-state index >= 15 is 0 Å². The Morgan fingerprint density at radius 1 is 1.08 bits per heavy atom. The molecule has 0 radical (unpaired) electrons. The lowest BCUT2D eigenvalue weighted by atomic mass is 9.90. The van der Waals surface area contributed by atoms with Gasteiger partial charge in [0.2, 0.25) is 0 Å². The molecule has 1 aliphatic heterocycles. The van der Waals surface area contributed by atoms with Crippen LogP contribution < -0.4 is 10.1 Å². The number of ether oxygens (including phenoxy) is 1. The maximum absolute atomic E-state index is 12.5. The van der Waals surface area contributed by atoms with Crippen molar-refractivity contribution in [2.75, 3.05) is 18.4 Å². The minimum atomic E-state index is -0.381. The van der Waals surface area contributed by atoms with E-state index in [0.29, 0.717) is 17.4 Å². The van der Waals surface area contributed by atoms with Crippen LogP contribution >= 0.6 is 0 Å². The molecule has 136 valence electrons. The van der Waals surface area contributed by atoms with E-state index in [0.717, 1.165) is 32.4 Å². The van der Waals surface area contributed by atoms with Gasteiger partial charge in [0, 0.05) is 31.8 Å². The quantitative estimate of drug-likeness (QED) is 0.666. The Balaban J connectivity index is 1.50. The minimum absolute atomic E-state index is 0.108. The zero-order valence-electron chi connectivity index (χ0n) is 15.0. The molecule has 0 aliphatic carbocycles. The summed E-state index contributed by atoms with van der Waals surface area (Å²) in [5, 5.41) is 2.89. The third-order valence-corrected chi connectivity index (χ3v) is 4.62. The molecule has 1 aliphatic rings. The number of carbonyl (C=O) groups is 2. The average molecular weight is 352 g/mol. The van der Waals surface area contributed by atoms with Gasteiger partial charge in [0.25, 0.3) is 0 Å². The molecule has 0 unspecified atom stereocenters. The topological polar surface area (TPSA) is 58.6 Å². The summed E-state index contributed by atoms with van der Waals surface area (Å²) in [5.41, 5.74) is 1.98. The number of rotatable bonds is 4. The number of amides is 2. The highest BCUT2D eigenvalue weighted by atomic mass is 16.5. The van der Waals surface area contributed by atoms with Crippen LogP contribution in [0, 0.1) is 5.92 Å². The molecule has 2 aromatic carbocycles. The predicted octanol–water partition coefficient (Wildman–Crippen LogP) is 4.10. The van der Waals surface area contributed by atoms with Crippen molar-refractivity contribution >= 4 is 17.7 Å². The molecule has 0 saturated carbocycles. The Kier molecular flexibility index (Phi) is 5.89. The van der Waals surface area contributed by atoms with Crippen molar-refractivity contribution in [3.63, 3.8) is 0 Å². The van der Waals surface area contributed by atoms with E-state index in [1.807, 2.05) is 11.0 Å². The monoisotopic (exact) mass is 352 g/mol. The van der Waals surface area contributed by atoms with Crippen molar-refractivity contribution < 1.29 is 14.3 Å². The van der Waals surface area contributed by atoms with E-state index in [1.165, 1.54) is 12.5 Å². The highest BCUT2D eigenvalue weighted by Gasteiger charge is 2.23. The third-order valence-electron chi connectivity index (χ3n) is 4.62. The maximum Gasteiger partial charge on any atom is 0.321 e. The third kappa shape index (κ3) is 5.09. The van der Waals surface area contributed by atoms with Gasteiger partial charge in [-0.3, -0.25) is 4.79 Å². The maximum atomic E-state index is 12.5. The van der Waals surface area contributed by atoms with E-state index in [4.69, 9.17) is 4.74 Å². The van der Waals surface area contributed by atoms with Crippen LogP contribution in [0.3, 0.4) is 0 Å². The van der Waals surface area contributed by atoms with E-state index in [-0.39, 0.29) is 12.0 Å². The van der Waals surface area contributed by atoms with Gasteiger partial charge in [-0.15, -0.1) is 0 Å². The van der Waals surface area contributed by atoms with Crippen LogP contribution in [0.25, 0.3) is 0 Å². The molecule has 5 nitrogen and oxygen atoms in total. The molecule has 0 spiro atoms. The van der Waals surface area contributed by atoms with Crippen molar-refractivity contribution in [2.45, 2.75) is 26.2 Å². The molecule has 1 saturated heterocycles. The Morgan fingerprint density at radius 3 is 2.50 bits per heavy atom. The minimum Gasteiger partial charge on any atom is -0.427 e. The average Bonchev–Trinajstić information content (AvgIpc) is 2.63. The zero-order valence-corrected chi connectivity index (χ0v) is 15.0. The number of hydrogen-bond donors (Lipinski definition) is 1. The molecular weight excluding hydrogens is 328 g/mol. The molecule has 2 aromatic rings. The van der Waals surface area contributed by atoms with E-state index < -0.39 is 0 Å². The largest absolute Gasteiger partial charge is 0.427 e. The van der Waals surface area contributed by atoms with Crippen LogP contribution in [0.15, 0.2) is 54.6 Å². The molecule has 5 heteroatoms. The number of urea groups is 1. The fraction of sp³-hybridized carbons (Fsp3) is 0.333. The van der Waals surface area contributed by atoms with E-state index in [2.05, 4.69) is 29.6 Å². The summed E-state index contributed by atoms with van der Waals surface area (Å²) in [4.78, 5) is 25.4. The first kappa shape index (κ1) is 18.0. The number of carbonyl (C=O) groups excluding carboxylic acids is 2. The molecule has 0 atom stereocenters. The molecule has 3 rings (SSSR count). The van der Waals surface area contributed by atoms with Crippen molar-refractivity contribution in [1.82, 2.24) is 4.90 Å². The van der Waals surface area contributed by atoms with Crippen molar-refractivity contribution in [1.29, 1.82) is 0 Å². The summed E-state index contributed by atoms with van der Waals surface area (Å²) < 4.78 is 5.05. The van der Waals surface area contributed by atoms with Gasteiger partial charge in [-0.05, 0) is 42.9 Å². The van der Waals surface area contributed by atoms with Gasteiger partial charge >= 0.3 is 12.0 Å². The van der Waals surface area contributed by atoms with Gasteiger partial charge in [-0.1, -0.05) is 36.4 Å². The number of nitrogens with one attached hydrogen (secondary N) is 1.